The minimum Gasteiger partial charge on any atom is -0.0883 e. The van der Waals surface area contributed by atoms with Crippen molar-refractivity contribution in [1.82, 2.24) is 0 Å². The van der Waals surface area contributed by atoms with Crippen molar-refractivity contribution in [3.05, 3.63) is 53.0 Å². The second-order valence-corrected chi connectivity index (χ2v) is 5.11. The van der Waals surface area contributed by atoms with Crippen LogP contribution in [0.4, 0.5) is 0 Å². The lowest BCUT2D eigenvalue weighted by Crippen LogP contribution is -1.99. The van der Waals surface area contributed by atoms with E-state index < -0.39 is 0 Å². The maximum atomic E-state index is 3.51. The fourth-order valence-electron chi connectivity index (χ4n) is 2.09. The molecule has 0 spiro atoms. The molecule has 0 fully saturated rings. The largest absolute Gasteiger partial charge is 0.139 e. The highest BCUT2D eigenvalue weighted by molar-refractivity contribution is 9.10. The van der Waals surface area contributed by atoms with Gasteiger partial charge < -0.3 is 0 Å². The molecule has 3 aromatic carbocycles. The van der Waals surface area contributed by atoms with E-state index >= 15 is 0 Å². The third-order valence-corrected chi connectivity index (χ3v) is 3.41. The van der Waals surface area contributed by atoms with Crippen LogP contribution in [0.1, 0.15) is 0 Å². The normalized spacial score (nSPS) is 11.1. The molecule has 0 aliphatic heterocycles. The van der Waals surface area contributed by atoms with E-state index in [0.717, 1.165) is 4.47 Å². The van der Waals surface area contributed by atoms with Gasteiger partial charge in [0.05, 0.1) is 0 Å². The standard InChI is InChI=1S/C14H10BBr/c15-13-3-1-9-6-12-8-14(16)4-2-10(12)5-11(9)7-13/h1-8H,15H2. The fraction of sp³-hybridized carbons (Fsp3) is 0. The van der Waals surface area contributed by atoms with E-state index in [1.807, 2.05) is 0 Å². The highest BCUT2D eigenvalue weighted by atomic mass is 79.9. The molecule has 16 heavy (non-hydrogen) atoms. The first-order valence-corrected chi connectivity index (χ1v) is 6.11. The van der Waals surface area contributed by atoms with Crippen molar-refractivity contribution in [3.63, 3.8) is 0 Å². The molecule has 0 aliphatic carbocycles. The monoisotopic (exact) mass is 268 g/mol. The molecule has 0 nitrogen and oxygen atoms in total. The third kappa shape index (κ3) is 1.63. The molecule has 0 heterocycles. The second-order valence-electron chi connectivity index (χ2n) is 4.19. The van der Waals surface area contributed by atoms with E-state index in [9.17, 15) is 0 Å². The van der Waals surface area contributed by atoms with Crippen LogP contribution in [0.3, 0.4) is 0 Å². The van der Waals surface area contributed by atoms with Gasteiger partial charge in [0.1, 0.15) is 7.85 Å². The van der Waals surface area contributed by atoms with Crippen LogP contribution in [0.25, 0.3) is 21.5 Å². The summed E-state index contributed by atoms with van der Waals surface area (Å²) in [6.07, 6.45) is 0. The van der Waals surface area contributed by atoms with Crippen LogP contribution in [-0.4, -0.2) is 7.85 Å². The van der Waals surface area contributed by atoms with Gasteiger partial charge in [-0.2, -0.15) is 0 Å². The Balaban J connectivity index is 2.44. The first kappa shape index (κ1) is 9.92. The number of benzene rings is 3. The van der Waals surface area contributed by atoms with E-state index in [2.05, 4.69) is 72.3 Å². The predicted octanol–water partition coefficient (Wildman–Crippen LogP) is 3.01. The molecule has 2 heteroatoms. The molecule has 0 saturated carbocycles. The summed E-state index contributed by atoms with van der Waals surface area (Å²) in [6, 6.07) is 17.5. The van der Waals surface area contributed by atoms with Gasteiger partial charge >= 0.3 is 0 Å². The highest BCUT2D eigenvalue weighted by Crippen LogP contribution is 2.24. The molecule has 0 amide bonds. The average Bonchev–Trinajstić information content (AvgIpc) is 2.26. The molecule has 0 unspecified atom stereocenters. The molecule has 3 rings (SSSR count). The van der Waals surface area contributed by atoms with Gasteiger partial charge in [-0.15, -0.1) is 0 Å². The van der Waals surface area contributed by atoms with Crippen LogP contribution >= 0.6 is 15.9 Å². The summed E-state index contributed by atoms with van der Waals surface area (Å²) in [6.45, 7) is 0. The van der Waals surface area contributed by atoms with Crippen molar-refractivity contribution in [2.24, 2.45) is 0 Å². The summed E-state index contributed by atoms with van der Waals surface area (Å²) in [5.41, 5.74) is 1.31. The minimum absolute atomic E-state index is 1.13. The molecule has 0 N–H and O–H groups in total. The summed E-state index contributed by atoms with van der Waals surface area (Å²) < 4.78 is 1.13. The zero-order valence-electron chi connectivity index (χ0n) is 9.00. The number of rotatable bonds is 0. The molecule has 76 valence electrons. The average molecular weight is 269 g/mol. The van der Waals surface area contributed by atoms with Crippen molar-refractivity contribution in [3.8, 4) is 0 Å². The smallest absolute Gasteiger partial charge is 0.0883 e. The highest BCUT2D eigenvalue weighted by Gasteiger charge is 1.99. The summed E-state index contributed by atoms with van der Waals surface area (Å²) in [7, 11) is 2.13. The van der Waals surface area contributed by atoms with Gasteiger partial charge in [0, 0.05) is 4.47 Å². The Hall–Kier alpha value is -1.28. The molecule has 3 aromatic rings. The third-order valence-electron chi connectivity index (χ3n) is 2.91. The lowest BCUT2D eigenvalue weighted by atomic mass is 9.92. The van der Waals surface area contributed by atoms with Crippen LogP contribution in [-0.2, 0) is 0 Å². The van der Waals surface area contributed by atoms with Gasteiger partial charge in [-0.3, -0.25) is 0 Å². The van der Waals surface area contributed by atoms with Crippen LogP contribution in [0.5, 0.6) is 0 Å². The van der Waals surface area contributed by atoms with E-state index in [1.54, 1.807) is 0 Å². The summed E-state index contributed by atoms with van der Waals surface area (Å²) in [5.74, 6) is 0. The first-order valence-electron chi connectivity index (χ1n) is 5.32. The van der Waals surface area contributed by atoms with Crippen LogP contribution in [0.2, 0.25) is 0 Å². The van der Waals surface area contributed by atoms with Gasteiger partial charge in [-0.25, -0.2) is 0 Å². The molecule has 0 aliphatic rings. The van der Waals surface area contributed by atoms with E-state index in [-0.39, 0.29) is 0 Å². The Kier molecular flexibility index (Phi) is 2.25. The quantitative estimate of drug-likeness (QED) is 0.434. The van der Waals surface area contributed by atoms with Crippen molar-refractivity contribution in [1.29, 1.82) is 0 Å². The molecule has 0 radical (unpaired) electrons. The summed E-state index contributed by atoms with van der Waals surface area (Å²) in [5, 5.41) is 5.19. The summed E-state index contributed by atoms with van der Waals surface area (Å²) in [4.78, 5) is 0. The fourth-order valence-corrected chi connectivity index (χ4v) is 2.47. The Morgan fingerprint density at radius 2 is 1.31 bits per heavy atom. The SMILES string of the molecule is Bc1ccc2cc3cc(Br)ccc3cc2c1. The predicted molar refractivity (Wildman–Crippen MR) is 77.3 cm³/mol. The lowest BCUT2D eigenvalue weighted by molar-refractivity contribution is 1.73. The Morgan fingerprint density at radius 1 is 0.688 bits per heavy atom. The number of hydrogen-bond donors (Lipinski definition) is 0. The zero-order chi connectivity index (χ0) is 11.1. The Bertz CT molecular complexity index is 627. The Labute approximate surface area is 104 Å². The minimum atomic E-state index is 1.13. The maximum Gasteiger partial charge on any atom is 0.139 e. The summed E-state index contributed by atoms with van der Waals surface area (Å²) >= 11 is 3.51. The van der Waals surface area contributed by atoms with Crippen molar-refractivity contribution in [2.75, 3.05) is 0 Å². The molecule has 0 bridgehead atoms. The molecule has 0 aromatic heterocycles. The number of halogens is 1. The van der Waals surface area contributed by atoms with Gasteiger partial charge in [-0.1, -0.05) is 45.7 Å². The van der Waals surface area contributed by atoms with Crippen LogP contribution in [0, 0.1) is 0 Å². The zero-order valence-corrected chi connectivity index (χ0v) is 10.6. The molecule has 0 atom stereocenters. The molecular weight excluding hydrogens is 259 g/mol. The maximum absolute atomic E-state index is 3.51. The lowest BCUT2D eigenvalue weighted by Gasteiger charge is -2.04. The van der Waals surface area contributed by atoms with Crippen LogP contribution in [0.15, 0.2) is 53.0 Å². The van der Waals surface area contributed by atoms with Crippen LogP contribution < -0.4 is 5.46 Å². The second kappa shape index (κ2) is 3.64. The van der Waals surface area contributed by atoms with E-state index in [4.69, 9.17) is 0 Å². The molecular formula is C14H10BBr. The molecule has 0 saturated heterocycles. The Morgan fingerprint density at radius 3 is 2.06 bits per heavy atom. The van der Waals surface area contributed by atoms with E-state index in [0.29, 0.717) is 0 Å². The van der Waals surface area contributed by atoms with Gasteiger partial charge in [0.2, 0.25) is 0 Å². The van der Waals surface area contributed by atoms with Gasteiger partial charge in [0.15, 0.2) is 0 Å². The van der Waals surface area contributed by atoms with Gasteiger partial charge in [-0.05, 0) is 45.8 Å². The van der Waals surface area contributed by atoms with Crippen molar-refractivity contribution < 1.29 is 0 Å². The number of hydrogen-bond acceptors (Lipinski definition) is 0. The topological polar surface area (TPSA) is 0 Å². The number of fused-ring (bicyclic) bond motifs is 2. The van der Waals surface area contributed by atoms with Crippen molar-refractivity contribution >= 4 is 50.8 Å². The van der Waals surface area contributed by atoms with Gasteiger partial charge in [0.25, 0.3) is 0 Å². The first-order chi connectivity index (χ1) is 7.72. The van der Waals surface area contributed by atoms with Crippen molar-refractivity contribution in [2.45, 2.75) is 0 Å². The van der Waals surface area contributed by atoms with E-state index in [1.165, 1.54) is 27.0 Å².